The number of hydrogen-bond donors (Lipinski definition) is 1. The molecule has 0 radical (unpaired) electrons. The van der Waals surface area contributed by atoms with Crippen LogP contribution in [0.2, 0.25) is 0 Å². The number of carbonyl (C=O) groups excluding carboxylic acids is 1. The van der Waals surface area contributed by atoms with Crippen LogP contribution in [-0.4, -0.2) is 23.0 Å². The van der Waals surface area contributed by atoms with Crippen molar-refractivity contribution in [1.29, 1.82) is 0 Å². The van der Waals surface area contributed by atoms with Gasteiger partial charge >= 0.3 is 6.18 Å². The number of aromatic nitrogens is 2. The smallest absolute Gasteiger partial charge is 0.416 e. The monoisotopic (exact) mass is 387 g/mol. The largest absolute Gasteiger partial charge is 0.497 e. The molecule has 5 nitrogen and oxygen atoms in total. The zero-order valence-corrected chi connectivity index (χ0v) is 14.8. The molecule has 0 fully saturated rings. The number of carbonyl (C=O) groups is 1. The normalized spacial score (nSPS) is 11.1. The van der Waals surface area contributed by atoms with Gasteiger partial charge in [0.25, 0.3) is 5.91 Å². The number of amides is 1. The van der Waals surface area contributed by atoms with Crippen LogP contribution >= 0.6 is 0 Å². The van der Waals surface area contributed by atoms with E-state index in [0.717, 1.165) is 17.7 Å². The first-order valence-corrected chi connectivity index (χ1v) is 8.27. The summed E-state index contributed by atoms with van der Waals surface area (Å²) in [5, 5.41) is 2.57. The molecule has 2 aromatic carbocycles. The maximum atomic E-state index is 12.8. The fourth-order valence-electron chi connectivity index (χ4n) is 2.52. The zero-order valence-electron chi connectivity index (χ0n) is 14.8. The summed E-state index contributed by atoms with van der Waals surface area (Å²) in [5.74, 6) is 0.0992. The van der Waals surface area contributed by atoms with Gasteiger partial charge in [-0.25, -0.2) is 9.97 Å². The maximum absolute atomic E-state index is 12.8. The highest BCUT2D eigenvalue weighted by Gasteiger charge is 2.30. The Morgan fingerprint density at radius 2 is 1.82 bits per heavy atom. The Kier molecular flexibility index (Phi) is 5.58. The minimum absolute atomic E-state index is 0.0563. The van der Waals surface area contributed by atoms with Crippen LogP contribution in [0.5, 0.6) is 5.75 Å². The molecule has 0 aliphatic carbocycles. The molecule has 1 heterocycles. The Balaban J connectivity index is 1.70. The van der Waals surface area contributed by atoms with E-state index in [1.54, 1.807) is 25.3 Å². The van der Waals surface area contributed by atoms with Crippen molar-refractivity contribution in [3.05, 3.63) is 77.7 Å². The summed E-state index contributed by atoms with van der Waals surface area (Å²) in [6.07, 6.45) is -3.14. The molecule has 3 rings (SSSR count). The lowest BCUT2D eigenvalue weighted by molar-refractivity contribution is -0.137. The first-order chi connectivity index (χ1) is 13.4. The van der Waals surface area contributed by atoms with Crippen molar-refractivity contribution in [2.24, 2.45) is 0 Å². The Morgan fingerprint density at radius 1 is 1.07 bits per heavy atom. The molecule has 1 aromatic heterocycles. The maximum Gasteiger partial charge on any atom is 0.416 e. The number of alkyl halides is 3. The summed E-state index contributed by atoms with van der Waals surface area (Å²) in [4.78, 5) is 20.5. The Bertz CT molecular complexity index is 973. The van der Waals surface area contributed by atoms with Crippen LogP contribution in [0, 0.1) is 0 Å². The molecule has 144 valence electrons. The molecule has 8 heteroatoms. The second-order valence-corrected chi connectivity index (χ2v) is 5.88. The highest BCUT2D eigenvalue weighted by Crippen LogP contribution is 2.29. The van der Waals surface area contributed by atoms with E-state index in [1.807, 2.05) is 12.1 Å². The van der Waals surface area contributed by atoms with Crippen molar-refractivity contribution in [1.82, 2.24) is 15.3 Å². The Morgan fingerprint density at radius 3 is 2.50 bits per heavy atom. The molecule has 0 unspecified atom stereocenters. The predicted octanol–water partition coefficient (Wildman–Crippen LogP) is 4.10. The van der Waals surface area contributed by atoms with E-state index in [2.05, 4.69) is 15.3 Å². The standard InChI is InChI=1S/C20H16F3N3O2/c1-28-17-7-5-13(6-8-17)18-10-16(25-12-26-18)11-24-19(27)14-3-2-4-15(9-14)20(21,22)23/h2-10,12H,11H2,1H3,(H,24,27). The van der Waals surface area contributed by atoms with Crippen LogP contribution in [0.25, 0.3) is 11.3 Å². The first kappa shape index (κ1) is 19.3. The highest BCUT2D eigenvalue weighted by atomic mass is 19.4. The van der Waals surface area contributed by atoms with Crippen LogP contribution in [0.15, 0.2) is 60.9 Å². The van der Waals surface area contributed by atoms with E-state index in [0.29, 0.717) is 17.1 Å². The molecule has 0 aliphatic rings. The lowest BCUT2D eigenvalue weighted by Crippen LogP contribution is -2.23. The summed E-state index contributed by atoms with van der Waals surface area (Å²) in [7, 11) is 1.57. The quantitative estimate of drug-likeness (QED) is 0.716. The minimum Gasteiger partial charge on any atom is -0.497 e. The van der Waals surface area contributed by atoms with Gasteiger partial charge in [0.05, 0.1) is 30.6 Å². The van der Waals surface area contributed by atoms with E-state index in [-0.39, 0.29) is 12.1 Å². The van der Waals surface area contributed by atoms with Crippen molar-refractivity contribution in [3.63, 3.8) is 0 Å². The molecule has 0 saturated heterocycles. The first-order valence-electron chi connectivity index (χ1n) is 8.27. The fraction of sp³-hybridized carbons (Fsp3) is 0.150. The molecule has 0 bridgehead atoms. The van der Waals surface area contributed by atoms with E-state index < -0.39 is 17.6 Å². The van der Waals surface area contributed by atoms with Crippen molar-refractivity contribution in [3.8, 4) is 17.0 Å². The Labute approximate surface area is 159 Å². The molecule has 28 heavy (non-hydrogen) atoms. The highest BCUT2D eigenvalue weighted by molar-refractivity contribution is 5.94. The number of ether oxygens (including phenoxy) is 1. The number of nitrogens with zero attached hydrogens (tertiary/aromatic N) is 2. The van der Waals surface area contributed by atoms with Crippen molar-refractivity contribution < 1.29 is 22.7 Å². The van der Waals surface area contributed by atoms with Crippen LogP contribution < -0.4 is 10.1 Å². The third kappa shape index (κ3) is 4.64. The molecule has 1 N–H and O–H groups in total. The van der Waals surface area contributed by atoms with Crippen LogP contribution in [0.3, 0.4) is 0 Å². The zero-order chi connectivity index (χ0) is 20.1. The molecular weight excluding hydrogens is 371 g/mol. The fourth-order valence-corrected chi connectivity index (χ4v) is 2.52. The van der Waals surface area contributed by atoms with Gasteiger partial charge in [-0.2, -0.15) is 13.2 Å². The van der Waals surface area contributed by atoms with Crippen LogP contribution in [0.1, 0.15) is 21.6 Å². The van der Waals surface area contributed by atoms with Gasteiger partial charge in [0.1, 0.15) is 12.1 Å². The lowest BCUT2D eigenvalue weighted by atomic mass is 10.1. The number of rotatable bonds is 5. The van der Waals surface area contributed by atoms with E-state index >= 15 is 0 Å². The molecule has 1 amide bonds. The van der Waals surface area contributed by atoms with Crippen LogP contribution in [0.4, 0.5) is 13.2 Å². The van der Waals surface area contributed by atoms with Gasteiger partial charge in [-0.05, 0) is 48.5 Å². The average Bonchev–Trinajstić information content (AvgIpc) is 2.72. The summed E-state index contributed by atoms with van der Waals surface area (Å²) >= 11 is 0. The van der Waals surface area contributed by atoms with Gasteiger partial charge in [-0.15, -0.1) is 0 Å². The molecule has 0 spiro atoms. The van der Waals surface area contributed by atoms with Crippen molar-refractivity contribution in [2.75, 3.05) is 7.11 Å². The van der Waals surface area contributed by atoms with Gasteiger partial charge in [-0.3, -0.25) is 4.79 Å². The number of methoxy groups -OCH3 is 1. The average molecular weight is 387 g/mol. The molecule has 0 atom stereocenters. The second kappa shape index (κ2) is 8.08. The van der Waals surface area contributed by atoms with Crippen molar-refractivity contribution >= 4 is 5.91 Å². The number of halogens is 3. The third-order valence-electron chi connectivity index (χ3n) is 3.99. The predicted molar refractivity (Wildman–Crippen MR) is 96.6 cm³/mol. The van der Waals surface area contributed by atoms with E-state index in [1.165, 1.54) is 18.5 Å². The summed E-state index contributed by atoms with van der Waals surface area (Å²) in [6, 6.07) is 13.2. The summed E-state index contributed by atoms with van der Waals surface area (Å²) in [6.45, 7) is 0.0563. The lowest BCUT2D eigenvalue weighted by Gasteiger charge is -2.09. The topological polar surface area (TPSA) is 64.1 Å². The second-order valence-electron chi connectivity index (χ2n) is 5.88. The third-order valence-corrected chi connectivity index (χ3v) is 3.99. The van der Waals surface area contributed by atoms with Gasteiger partial charge < -0.3 is 10.1 Å². The van der Waals surface area contributed by atoms with Crippen LogP contribution in [-0.2, 0) is 12.7 Å². The van der Waals surface area contributed by atoms with E-state index in [4.69, 9.17) is 4.74 Å². The summed E-state index contributed by atoms with van der Waals surface area (Å²) < 4.78 is 43.5. The molecule has 0 aliphatic heterocycles. The van der Waals surface area contributed by atoms with Gasteiger partial charge in [0, 0.05) is 11.1 Å². The number of nitrogens with one attached hydrogen (secondary N) is 1. The molecule has 0 saturated carbocycles. The Hall–Kier alpha value is -3.42. The number of hydrogen-bond acceptors (Lipinski definition) is 4. The molecular formula is C20H16F3N3O2. The number of benzene rings is 2. The van der Waals surface area contributed by atoms with E-state index in [9.17, 15) is 18.0 Å². The minimum atomic E-state index is -4.50. The van der Waals surface area contributed by atoms with Gasteiger partial charge in [-0.1, -0.05) is 6.07 Å². The molecule has 3 aromatic rings. The SMILES string of the molecule is COc1ccc(-c2cc(CNC(=O)c3cccc(C(F)(F)F)c3)ncn2)cc1. The van der Waals surface area contributed by atoms with Gasteiger partial charge in [0.2, 0.25) is 0 Å². The summed E-state index contributed by atoms with van der Waals surface area (Å²) in [5.41, 5.74) is 1.08. The van der Waals surface area contributed by atoms with Gasteiger partial charge in [0.15, 0.2) is 0 Å². The van der Waals surface area contributed by atoms with Crippen molar-refractivity contribution in [2.45, 2.75) is 12.7 Å².